The summed E-state index contributed by atoms with van der Waals surface area (Å²) in [4.78, 5) is 2.29. The van der Waals surface area contributed by atoms with E-state index in [4.69, 9.17) is 0 Å². The molecule has 3 aromatic rings. The van der Waals surface area contributed by atoms with Crippen LogP contribution < -0.4 is 4.90 Å². The molecule has 0 N–H and O–H groups in total. The number of hydrogen-bond acceptors (Lipinski definition) is 5. The smallest absolute Gasteiger partial charge is 0.129 e. The van der Waals surface area contributed by atoms with Crippen LogP contribution in [-0.2, 0) is 12.1 Å². The Kier molecular flexibility index (Phi) is 6.43. The Morgan fingerprint density at radius 2 is 1.76 bits per heavy atom. The number of hydrogen-bond donors (Lipinski definition) is 0. The molecule has 0 aliphatic carbocycles. The van der Waals surface area contributed by atoms with Crippen molar-refractivity contribution in [3.63, 3.8) is 0 Å². The number of nitrogens with zero attached hydrogens (tertiary/aromatic N) is 5. The zero-order valence-electron chi connectivity index (χ0n) is 19.4. The van der Waals surface area contributed by atoms with Crippen LogP contribution in [0.4, 0.5) is 10.1 Å². The second-order valence-electron chi connectivity index (χ2n) is 9.64. The average molecular weight is 466 g/mol. The van der Waals surface area contributed by atoms with Crippen LogP contribution in [-0.4, -0.2) is 38.2 Å². The predicted octanol–water partition coefficient (Wildman–Crippen LogP) is 5.81. The summed E-state index contributed by atoms with van der Waals surface area (Å²) >= 11 is 1.87. The first-order chi connectivity index (χ1) is 16.0. The topological polar surface area (TPSA) is 37.2 Å². The number of anilines is 1. The number of piperidine rings is 1. The fourth-order valence-electron chi connectivity index (χ4n) is 4.96. The van der Waals surface area contributed by atoms with Crippen LogP contribution in [0.1, 0.15) is 55.9 Å². The normalized spacial score (nSPS) is 23.5. The van der Waals surface area contributed by atoms with Crippen LogP contribution in [0.5, 0.6) is 0 Å². The van der Waals surface area contributed by atoms with Crippen LogP contribution in [0.3, 0.4) is 0 Å². The van der Waals surface area contributed by atoms with E-state index in [-0.39, 0.29) is 11.4 Å². The Morgan fingerprint density at radius 3 is 2.45 bits per heavy atom. The van der Waals surface area contributed by atoms with Gasteiger partial charge in [0.1, 0.15) is 18.5 Å². The van der Waals surface area contributed by atoms with Gasteiger partial charge in [-0.15, -0.1) is 10.2 Å². The van der Waals surface area contributed by atoms with Gasteiger partial charge in [0.15, 0.2) is 0 Å². The van der Waals surface area contributed by atoms with Crippen LogP contribution in [0.2, 0.25) is 0 Å². The van der Waals surface area contributed by atoms with Gasteiger partial charge in [0, 0.05) is 47.7 Å². The number of aromatic nitrogens is 3. The lowest BCUT2D eigenvalue weighted by molar-refractivity contribution is 0.247. The first-order valence-electron chi connectivity index (χ1n) is 11.9. The van der Waals surface area contributed by atoms with Gasteiger partial charge < -0.3 is 9.47 Å². The third-order valence-electron chi connectivity index (χ3n) is 7.38. The first-order valence-corrected chi connectivity index (χ1v) is 12.7. The van der Waals surface area contributed by atoms with Crippen molar-refractivity contribution in [2.45, 2.75) is 62.9 Å². The molecule has 0 spiro atoms. The van der Waals surface area contributed by atoms with E-state index >= 15 is 4.39 Å². The summed E-state index contributed by atoms with van der Waals surface area (Å²) < 4.78 is 19.7. The minimum Gasteiger partial charge on any atom is -0.371 e. The largest absolute Gasteiger partial charge is 0.371 e. The molecule has 1 unspecified atom stereocenters. The molecule has 2 atom stereocenters. The van der Waals surface area contributed by atoms with E-state index in [1.807, 2.05) is 18.0 Å². The van der Waals surface area contributed by atoms with Gasteiger partial charge in [-0.1, -0.05) is 48.3 Å². The molecule has 174 valence electrons. The molecule has 5 rings (SSSR count). The Hall–Kier alpha value is -2.38. The standard InChI is InChI=1S/C26H32FN5S/c1-20-8-11-25(21-6-4-3-5-7-21)33-32(20)17-22-9-10-23(16-24(22)27)30-14-12-26(2,13-15-30)31-18-28-29-19-31/h3-7,9-10,16,18-20,25H,8,11-15,17H2,1-2H3/t20-,25?/m0/s1. The van der Waals surface area contributed by atoms with Gasteiger partial charge in [0.2, 0.25) is 0 Å². The highest BCUT2D eigenvalue weighted by Crippen LogP contribution is 2.43. The zero-order chi connectivity index (χ0) is 22.8. The van der Waals surface area contributed by atoms with Gasteiger partial charge in [-0.3, -0.25) is 0 Å². The second-order valence-corrected chi connectivity index (χ2v) is 10.9. The Balaban J connectivity index is 1.24. The van der Waals surface area contributed by atoms with Gasteiger partial charge in [-0.05, 0) is 57.2 Å². The lowest BCUT2D eigenvalue weighted by Crippen LogP contribution is -2.44. The van der Waals surface area contributed by atoms with Crippen molar-refractivity contribution in [1.82, 2.24) is 19.1 Å². The summed E-state index contributed by atoms with van der Waals surface area (Å²) in [7, 11) is 0. The third-order valence-corrected chi connectivity index (χ3v) is 8.91. The van der Waals surface area contributed by atoms with E-state index in [0.717, 1.165) is 50.0 Å². The third kappa shape index (κ3) is 4.80. The summed E-state index contributed by atoms with van der Waals surface area (Å²) in [6.07, 6.45) is 7.86. The molecule has 7 heteroatoms. The van der Waals surface area contributed by atoms with Crippen molar-refractivity contribution in [1.29, 1.82) is 0 Å². The quantitative estimate of drug-likeness (QED) is 0.445. The molecular formula is C26H32FN5S. The molecule has 0 amide bonds. The van der Waals surface area contributed by atoms with Gasteiger partial charge in [0.05, 0.1) is 0 Å². The summed E-state index contributed by atoms with van der Waals surface area (Å²) in [5, 5.41) is 8.36. The highest BCUT2D eigenvalue weighted by molar-refractivity contribution is 7.97. The highest BCUT2D eigenvalue weighted by atomic mass is 32.2. The summed E-state index contributed by atoms with van der Waals surface area (Å²) in [6, 6.07) is 16.9. The second kappa shape index (κ2) is 9.47. The van der Waals surface area contributed by atoms with Crippen molar-refractivity contribution >= 4 is 17.6 Å². The first kappa shape index (κ1) is 22.4. The van der Waals surface area contributed by atoms with E-state index in [1.54, 1.807) is 18.7 Å². The maximum absolute atomic E-state index is 15.2. The molecule has 2 aromatic carbocycles. The fourth-order valence-corrected chi connectivity index (χ4v) is 6.33. The van der Waals surface area contributed by atoms with Crippen LogP contribution >= 0.6 is 11.9 Å². The Bertz CT molecular complexity index is 1050. The SMILES string of the molecule is C[C@H]1CCC(c2ccccc2)SN1Cc1ccc(N2CCC(C)(n3cnnc3)CC2)cc1F. The van der Waals surface area contributed by atoms with E-state index in [1.165, 1.54) is 5.56 Å². The maximum atomic E-state index is 15.2. The summed E-state index contributed by atoms with van der Waals surface area (Å²) in [5.74, 6) is -0.103. The van der Waals surface area contributed by atoms with Crippen molar-refractivity contribution in [2.24, 2.45) is 0 Å². The van der Waals surface area contributed by atoms with Gasteiger partial charge in [0.25, 0.3) is 0 Å². The van der Waals surface area contributed by atoms with E-state index in [0.29, 0.717) is 17.8 Å². The molecule has 0 bridgehead atoms. The number of halogens is 1. The molecular weight excluding hydrogens is 433 g/mol. The van der Waals surface area contributed by atoms with Crippen LogP contribution in [0, 0.1) is 5.82 Å². The molecule has 2 aliphatic rings. The average Bonchev–Trinajstić information content (AvgIpc) is 3.39. The van der Waals surface area contributed by atoms with E-state index in [2.05, 4.69) is 74.2 Å². The maximum Gasteiger partial charge on any atom is 0.129 e. The molecule has 0 radical (unpaired) electrons. The van der Waals surface area contributed by atoms with Crippen LogP contribution in [0.25, 0.3) is 0 Å². The number of rotatable bonds is 5. The molecule has 33 heavy (non-hydrogen) atoms. The molecule has 0 saturated carbocycles. The van der Waals surface area contributed by atoms with Crippen molar-refractivity contribution in [3.05, 3.63) is 78.1 Å². The zero-order valence-corrected chi connectivity index (χ0v) is 20.2. The van der Waals surface area contributed by atoms with Crippen LogP contribution in [0.15, 0.2) is 61.2 Å². The number of benzene rings is 2. The lowest BCUT2D eigenvalue weighted by Gasteiger charge is -2.41. The molecule has 3 heterocycles. The molecule has 2 aliphatic heterocycles. The molecule has 5 nitrogen and oxygen atoms in total. The van der Waals surface area contributed by atoms with Gasteiger partial charge in [-0.25, -0.2) is 8.70 Å². The minimum atomic E-state index is -0.103. The Labute approximate surface area is 200 Å². The van der Waals surface area contributed by atoms with Gasteiger partial charge >= 0.3 is 0 Å². The van der Waals surface area contributed by atoms with Crippen molar-refractivity contribution < 1.29 is 4.39 Å². The van der Waals surface area contributed by atoms with Crippen molar-refractivity contribution in [3.8, 4) is 0 Å². The van der Waals surface area contributed by atoms with Gasteiger partial charge in [-0.2, -0.15) is 0 Å². The van der Waals surface area contributed by atoms with E-state index < -0.39 is 0 Å². The monoisotopic (exact) mass is 465 g/mol. The highest BCUT2D eigenvalue weighted by Gasteiger charge is 2.32. The molecule has 2 saturated heterocycles. The predicted molar refractivity (Wildman–Crippen MR) is 133 cm³/mol. The molecule has 1 aromatic heterocycles. The minimum absolute atomic E-state index is 0.0232. The lowest BCUT2D eigenvalue weighted by atomic mass is 9.89. The Morgan fingerprint density at radius 1 is 1.03 bits per heavy atom. The summed E-state index contributed by atoms with van der Waals surface area (Å²) in [6.45, 7) is 6.92. The fraction of sp³-hybridized carbons (Fsp3) is 0.462. The molecule has 2 fully saturated rings. The summed E-state index contributed by atoms with van der Waals surface area (Å²) in [5.41, 5.74) is 3.13. The van der Waals surface area contributed by atoms with Crippen molar-refractivity contribution in [2.75, 3.05) is 18.0 Å². The van der Waals surface area contributed by atoms with E-state index in [9.17, 15) is 0 Å².